The maximum atomic E-state index is 6.62. The monoisotopic (exact) mass is 518 g/mol. The molecule has 0 fully saturated rings. The molecule has 36 heavy (non-hydrogen) atoms. The summed E-state index contributed by atoms with van der Waals surface area (Å²) in [5, 5.41) is 7.42. The largest absolute Gasteiger partial charge is 0.448 e. The number of nitrogens with one attached hydrogen (secondary N) is 2. The summed E-state index contributed by atoms with van der Waals surface area (Å²) in [4.78, 5) is 11.7. The Kier molecular flexibility index (Phi) is 5.66. The van der Waals surface area contributed by atoms with Crippen LogP contribution in [0.5, 0.6) is 0 Å². The fraction of sp³-hybridized carbons (Fsp3) is 0.214. The van der Waals surface area contributed by atoms with Crippen LogP contribution in [0.15, 0.2) is 63.9 Å². The summed E-state index contributed by atoms with van der Waals surface area (Å²) in [5.41, 5.74) is 7.39. The average molecular weight is 519 g/mol. The molecule has 4 aromatic heterocycles. The molecule has 0 aliphatic heterocycles. The predicted octanol–water partition coefficient (Wildman–Crippen LogP) is 8.74. The van der Waals surface area contributed by atoms with Crippen LogP contribution in [0.4, 0.5) is 0 Å². The highest BCUT2D eigenvalue weighted by Crippen LogP contribution is 2.35. The zero-order valence-electron chi connectivity index (χ0n) is 20.0. The molecule has 6 nitrogen and oxygen atoms in total. The molecule has 0 spiro atoms. The first-order valence-corrected chi connectivity index (χ1v) is 12.6. The summed E-state index contributed by atoms with van der Waals surface area (Å²) in [6, 6.07) is 14.0. The molecule has 2 N–H and O–H groups in total. The van der Waals surface area contributed by atoms with Crippen LogP contribution in [0.25, 0.3) is 44.3 Å². The maximum absolute atomic E-state index is 6.62. The third-order valence-electron chi connectivity index (χ3n) is 6.63. The van der Waals surface area contributed by atoms with Crippen LogP contribution >= 0.6 is 23.2 Å². The molecule has 8 heteroatoms. The van der Waals surface area contributed by atoms with Crippen molar-refractivity contribution in [3.63, 3.8) is 0 Å². The molecule has 182 valence electrons. The first-order valence-electron chi connectivity index (χ1n) is 11.9. The normalized spacial score (nSPS) is 12.8. The highest BCUT2D eigenvalue weighted by Gasteiger charge is 2.18. The van der Waals surface area contributed by atoms with Crippen molar-refractivity contribution in [1.29, 1.82) is 0 Å². The number of H-pyrrole nitrogens is 2. The molecule has 6 rings (SSSR count). The van der Waals surface area contributed by atoms with Gasteiger partial charge in [-0.1, -0.05) is 49.1 Å². The van der Waals surface area contributed by atoms with Crippen LogP contribution < -0.4 is 0 Å². The van der Waals surface area contributed by atoms with Gasteiger partial charge in [0, 0.05) is 62.7 Å². The average Bonchev–Trinajstić information content (AvgIpc) is 3.63. The van der Waals surface area contributed by atoms with E-state index >= 15 is 0 Å². The van der Waals surface area contributed by atoms with E-state index in [1.54, 1.807) is 12.3 Å². The molecule has 0 saturated heterocycles. The predicted molar refractivity (Wildman–Crippen MR) is 144 cm³/mol. The van der Waals surface area contributed by atoms with Gasteiger partial charge >= 0.3 is 0 Å². The second kappa shape index (κ2) is 8.87. The third-order valence-corrected chi connectivity index (χ3v) is 7.26. The Labute approximate surface area is 217 Å². The SMILES string of the molecule is CC(C)c1cc2cc(Cl)c(-c3coc(CC(C)c4cc5cc(Cl)c(-c6ccon6)cc5[nH]4)n3)cc2[nH]1. The Morgan fingerprint density at radius 2 is 1.47 bits per heavy atom. The van der Waals surface area contributed by atoms with Gasteiger partial charge in [-0.3, -0.25) is 0 Å². The summed E-state index contributed by atoms with van der Waals surface area (Å²) < 4.78 is 10.8. The van der Waals surface area contributed by atoms with Gasteiger partial charge in [0.2, 0.25) is 0 Å². The number of benzene rings is 2. The molecule has 0 aliphatic rings. The zero-order chi connectivity index (χ0) is 25.0. The van der Waals surface area contributed by atoms with E-state index < -0.39 is 0 Å². The van der Waals surface area contributed by atoms with Gasteiger partial charge in [-0.05, 0) is 42.3 Å². The minimum Gasteiger partial charge on any atom is -0.448 e. The Balaban J connectivity index is 1.25. The maximum Gasteiger partial charge on any atom is 0.195 e. The number of aromatic nitrogens is 4. The van der Waals surface area contributed by atoms with Crippen LogP contribution in [-0.4, -0.2) is 20.1 Å². The van der Waals surface area contributed by atoms with Gasteiger partial charge in [0.15, 0.2) is 5.89 Å². The number of nitrogens with zero attached hydrogens (tertiary/aromatic N) is 2. The Hall–Kier alpha value is -3.48. The van der Waals surface area contributed by atoms with Gasteiger partial charge in [0.25, 0.3) is 0 Å². The molecule has 4 heterocycles. The number of aromatic amines is 2. The van der Waals surface area contributed by atoms with E-state index in [2.05, 4.69) is 48.0 Å². The lowest BCUT2D eigenvalue weighted by Crippen LogP contribution is -1.99. The fourth-order valence-corrected chi connectivity index (χ4v) is 5.11. The van der Waals surface area contributed by atoms with Gasteiger partial charge in [0.05, 0.1) is 10.0 Å². The van der Waals surface area contributed by atoms with Crippen molar-refractivity contribution in [2.24, 2.45) is 0 Å². The van der Waals surface area contributed by atoms with E-state index in [0.717, 1.165) is 44.3 Å². The van der Waals surface area contributed by atoms with Gasteiger partial charge in [-0.25, -0.2) is 4.98 Å². The topological polar surface area (TPSA) is 83.6 Å². The number of rotatable bonds is 6. The highest BCUT2D eigenvalue weighted by atomic mass is 35.5. The Morgan fingerprint density at radius 3 is 2.11 bits per heavy atom. The van der Waals surface area contributed by atoms with Crippen LogP contribution in [0.3, 0.4) is 0 Å². The molecular weight excluding hydrogens is 495 g/mol. The molecule has 6 aromatic rings. The summed E-state index contributed by atoms with van der Waals surface area (Å²) in [6.07, 6.45) is 3.85. The minimum atomic E-state index is 0.146. The van der Waals surface area contributed by atoms with E-state index in [4.69, 9.17) is 37.1 Å². The van der Waals surface area contributed by atoms with E-state index in [1.807, 2.05) is 24.3 Å². The number of hydrogen-bond donors (Lipinski definition) is 2. The standard InChI is InChI=1S/C28H24Cl2N4O2/c1-14(2)23-9-16-7-21(30)19(12-25(16)31-23)27-13-35-28(33-27)6-15(3)24-10-17-8-20(29)18(11-26(17)32-24)22-4-5-36-34-22/h4-5,7-15,31-32H,6H2,1-3H3. The van der Waals surface area contributed by atoms with E-state index in [1.165, 1.54) is 12.0 Å². The first kappa shape index (κ1) is 23.0. The summed E-state index contributed by atoms with van der Waals surface area (Å²) >= 11 is 13.1. The van der Waals surface area contributed by atoms with E-state index in [-0.39, 0.29) is 5.92 Å². The fourth-order valence-electron chi connectivity index (χ4n) is 4.57. The first-order chi connectivity index (χ1) is 17.4. The quantitative estimate of drug-likeness (QED) is 0.230. The van der Waals surface area contributed by atoms with E-state index in [0.29, 0.717) is 34.0 Å². The van der Waals surface area contributed by atoms with Crippen LogP contribution in [0.2, 0.25) is 10.0 Å². The van der Waals surface area contributed by atoms with Gasteiger partial charge in [0.1, 0.15) is 23.9 Å². The lowest BCUT2D eigenvalue weighted by atomic mass is 10.0. The van der Waals surface area contributed by atoms with Gasteiger partial charge < -0.3 is 18.9 Å². The van der Waals surface area contributed by atoms with Crippen LogP contribution in [0.1, 0.15) is 49.9 Å². The Morgan fingerprint density at radius 1 is 0.833 bits per heavy atom. The van der Waals surface area contributed by atoms with Crippen molar-refractivity contribution in [1.82, 2.24) is 20.1 Å². The number of hydrogen-bond acceptors (Lipinski definition) is 4. The van der Waals surface area contributed by atoms with E-state index in [9.17, 15) is 0 Å². The number of oxazole rings is 1. The molecule has 1 unspecified atom stereocenters. The lowest BCUT2D eigenvalue weighted by molar-refractivity contribution is 0.422. The molecule has 0 aliphatic carbocycles. The Bertz CT molecular complexity index is 1690. The molecule has 0 amide bonds. The molecular formula is C28H24Cl2N4O2. The van der Waals surface area contributed by atoms with Crippen molar-refractivity contribution >= 4 is 45.0 Å². The van der Waals surface area contributed by atoms with Crippen molar-refractivity contribution in [2.45, 2.75) is 39.0 Å². The molecule has 2 aromatic carbocycles. The van der Waals surface area contributed by atoms with Crippen molar-refractivity contribution in [3.8, 4) is 22.5 Å². The summed E-state index contributed by atoms with van der Waals surface area (Å²) in [7, 11) is 0. The van der Waals surface area contributed by atoms with Crippen molar-refractivity contribution in [2.75, 3.05) is 0 Å². The summed E-state index contributed by atoms with van der Waals surface area (Å²) in [5.74, 6) is 1.21. The smallest absolute Gasteiger partial charge is 0.195 e. The molecule has 0 bridgehead atoms. The second-order valence-electron chi connectivity index (χ2n) is 9.56. The minimum absolute atomic E-state index is 0.146. The third kappa shape index (κ3) is 4.10. The molecule has 0 radical (unpaired) electrons. The van der Waals surface area contributed by atoms with Crippen molar-refractivity contribution < 1.29 is 8.94 Å². The van der Waals surface area contributed by atoms with Crippen molar-refractivity contribution in [3.05, 3.63) is 82.3 Å². The van der Waals surface area contributed by atoms with Crippen LogP contribution in [-0.2, 0) is 6.42 Å². The van der Waals surface area contributed by atoms with Gasteiger partial charge in [-0.15, -0.1) is 0 Å². The zero-order valence-corrected chi connectivity index (χ0v) is 21.5. The number of fused-ring (bicyclic) bond motifs is 2. The van der Waals surface area contributed by atoms with Gasteiger partial charge in [-0.2, -0.15) is 0 Å². The number of halogens is 2. The molecule has 0 saturated carbocycles. The molecule has 1 atom stereocenters. The second-order valence-corrected chi connectivity index (χ2v) is 10.4. The summed E-state index contributed by atoms with van der Waals surface area (Å²) in [6.45, 7) is 6.46. The lowest BCUT2D eigenvalue weighted by Gasteiger charge is -2.06. The highest BCUT2D eigenvalue weighted by molar-refractivity contribution is 6.34. The van der Waals surface area contributed by atoms with Crippen LogP contribution in [0, 0.1) is 0 Å².